The van der Waals surface area contributed by atoms with E-state index in [1.807, 2.05) is 0 Å². The maximum Gasteiger partial charge on any atom is 0.292 e. The fraction of sp³-hybridized carbons (Fsp3) is 0.500. The lowest BCUT2D eigenvalue weighted by molar-refractivity contribution is -0.384. The van der Waals surface area contributed by atoms with Gasteiger partial charge in [0, 0.05) is 19.7 Å². The lowest BCUT2D eigenvalue weighted by Crippen LogP contribution is -2.44. The zero-order valence-corrected chi connectivity index (χ0v) is 11.9. The van der Waals surface area contributed by atoms with Gasteiger partial charge in [-0.3, -0.25) is 14.9 Å². The van der Waals surface area contributed by atoms with E-state index >= 15 is 0 Å². The van der Waals surface area contributed by atoms with Crippen molar-refractivity contribution in [3.8, 4) is 0 Å². The number of hydrogen-bond acceptors (Lipinski definition) is 5. The van der Waals surface area contributed by atoms with E-state index in [2.05, 4.69) is 5.32 Å². The summed E-state index contributed by atoms with van der Waals surface area (Å²) in [6.45, 7) is 1.34. The number of rotatable bonds is 5. The number of nitrogens with zero attached hydrogens (tertiary/aromatic N) is 2. The number of likely N-dealkylation sites (N-methyl/N-ethyl adjacent to an activating group) is 1. The summed E-state index contributed by atoms with van der Waals surface area (Å²) in [5.41, 5.74) is 0.423. The van der Waals surface area contributed by atoms with Crippen LogP contribution in [0.15, 0.2) is 24.3 Å². The van der Waals surface area contributed by atoms with E-state index in [0.29, 0.717) is 12.3 Å². The molecule has 2 rings (SSSR count). The summed E-state index contributed by atoms with van der Waals surface area (Å²) in [6, 6.07) is 6.42. The van der Waals surface area contributed by atoms with Gasteiger partial charge in [-0.1, -0.05) is 12.1 Å². The summed E-state index contributed by atoms with van der Waals surface area (Å²) in [5, 5.41) is 13.9. The van der Waals surface area contributed by atoms with E-state index in [1.54, 1.807) is 30.1 Å². The first-order chi connectivity index (χ1) is 10.1. The van der Waals surface area contributed by atoms with Crippen LogP contribution in [-0.4, -0.2) is 43.7 Å². The Balaban J connectivity index is 1.95. The fourth-order valence-corrected chi connectivity index (χ4v) is 2.37. The van der Waals surface area contributed by atoms with Crippen molar-refractivity contribution in [2.24, 2.45) is 0 Å². The summed E-state index contributed by atoms with van der Waals surface area (Å²) in [7, 11) is 1.67. The van der Waals surface area contributed by atoms with E-state index in [1.165, 1.54) is 6.07 Å². The normalized spacial score (nSPS) is 18.0. The zero-order valence-electron chi connectivity index (χ0n) is 11.9. The highest BCUT2D eigenvalue weighted by Gasteiger charge is 2.20. The molecular weight excluding hydrogens is 274 g/mol. The van der Waals surface area contributed by atoms with E-state index in [-0.39, 0.29) is 24.2 Å². The van der Waals surface area contributed by atoms with E-state index < -0.39 is 4.92 Å². The van der Waals surface area contributed by atoms with Gasteiger partial charge in [-0.05, 0) is 18.9 Å². The van der Waals surface area contributed by atoms with Crippen LogP contribution in [0.25, 0.3) is 0 Å². The van der Waals surface area contributed by atoms with Crippen LogP contribution in [0.4, 0.5) is 11.4 Å². The predicted molar refractivity (Wildman–Crippen MR) is 78.4 cm³/mol. The van der Waals surface area contributed by atoms with Crippen molar-refractivity contribution in [2.45, 2.75) is 18.9 Å². The molecule has 7 heteroatoms. The zero-order chi connectivity index (χ0) is 15.2. The molecule has 1 aromatic rings. The molecule has 1 aromatic carbocycles. The minimum atomic E-state index is -0.446. The minimum Gasteiger partial charge on any atom is -0.379 e. The molecule has 1 aliphatic rings. The molecule has 0 bridgehead atoms. The van der Waals surface area contributed by atoms with Crippen LogP contribution in [-0.2, 0) is 9.53 Å². The van der Waals surface area contributed by atoms with Crippen LogP contribution >= 0.6 is 0 Å². The van der Waals surface area contributed by atoms with E-state index in [0.717, 1.165) is 19.4 Å². The summed E-state index contributed by atoms with van der Waals surface area (Å²) in [6.07, 6.45) is 1.84. The highest BCUT2D eigenvalue weighted by molar-refractivity contribution is 5.82. The molecule has 21 heavy (non-hydrogen) atoms. The number of carbonyl (C=O) groups is 1. The summed E-state index contributed by atoms with van der Waals surface area (Å²) >= 11 is 0. The number of ether oxygens (including phenoxy) is 1. The number of benzene rings is 1. The Labute approximate surface area is 123 Å². The first-order valence-corrected chi connectivity index (χ1v) is 6.89. The average molecular weight is 293 g/mol. The highest BCUT2D eigenvalue weighted by Crippen LogP contribution is 2.26. The summed E-state index contributed by atoms with van der Waals surface area (Å²) in [4.78, 5) is 24.1. The lowest BCUT2D eigenvalue weighted by atomic mass is 10.1. The molecule has 0 radical (unpaired) electrons. The molecule has 7 nitrogen and oxygen atoms in total. The molecule has 1 amide bonds. The molecular formula is C14H19N3O4. The molecule has 0 aliphatic carbocycles. The molecule has 1 aliphatic heterocycles. The molecule has 0 saturated carbocycles. The van der Waals surface area contributed by atoms with Gasteiger partial charge in [-0.15, -0.1) is 0 Å². The Morgan fingerprint density at radius 1 is 1.52 bits per heavy atom. The van der Waals surface area contributed by atoms with Gasteiger partial charge in [0.2, 0.25) is 5.91 Å². The van der Waals surface area contributed by atoms with Gasteiger partial charge in [0.05, 0.1) is 24.1 Å². The topological polar surface area (TPSA) is 84.7 Å². The minimum absolute atomic E-state index is 0.00574. The van der Waals surface area contributed by atoms with Crippen molar-refractivity contribution in [3.63, 3.8) is 0 Å². The maximum atomic E-state index is 12.0. The molecule has 0 spiro atoms. The average Bonchev–Trinajstić information content (AvgIpc) is 2.48. The highest BCUT2D eigenvalue weighted by atomic mass is 16.6. The number of nitro groups is 1. The van der Waals surface area contributed by atoms with Crippen molar-refractivity contribution in [1.29, 1.82) is 0 Å². The number of nitro benzene ring substituents is 1. The Bertz CT molecular complexity index is 515. The van der Waals surface area contributed by atoms with Crippen molar-refractivity contribution >= 4 is 17.3 Å². The quantitative estimate of drug-likeness (QED) is 0.654. The molecule has 1 fully saturated rings. The lowest BCUT2D eigenvalue weighted by Gasteiger charge is -2.25. The molecule has 0 unspecified atom stereocenters. The third-order valence-corrected chi connectivity index (χ3v) is 3.40. The number of amides is 1. The van der Waals surface area contributed by atoms with Crippen LogP contribution in [0.1, 0.15) is 12.8 Å². The summed E-state index contributed by atoms with van der Waals surface area (Å²) < 4.78 is 5.31. The second-order valence-corrected chi connectivity index (χ2v) is 5.08. The second-order valence-electron chi connectivity index (χ2n) is 5.08. The first-order valence-electron chi connectivity index (χ1n) is 6.89. The number of nitrogens with one attached hydrogen (secondary N) is 1. The molecule has 1 saturated heterocycles. The number of anilines is 1. The molecule has 114 valence electrons. The summed E-state index contributed by atoms with van der Waals surface area (Å²) in [5.74, 6) is -0.161. The monoisotopic (exact) mass is 293 g/mol. The Morgan fingerprint density at radius 3 is 2.95 bits per heavy atom. The Hall–Kier alpha value is -2.15. The Kier molecular flexibility index (Phi) is 5.10. The van der Waals surface area contributed by atoms with Crippen molar-refractivity contribution in [2.75, 3.05) is 31.7 Å². The van der Waals surface area contributed by atoms with E-state index in [9.17, 15) is 14.9 Å². The largest absolute Gasteiger partial charge is 0.379 e. The SMILES string of the molecule is CN(CC(=O)N[C@H]1CCCOC1)c1ccccc1[N+](=O)[O-]. The first kappa shape index (κ1) is 15.2. The van der Waals surface area contributed by atoms with Gasteiger partial charge >= 0.3 is 0 Å². The van der Waals surface area contributed by atoms with Gasteiger partial charge in [0.1, 0.15) is 5.69 Å². The second kappa shape index (κ2) is 7.03. The molecule has 1 heterocycles. The fourth-order valence-electron chi connectivity index (χ4n) is 2.37. The molecule has 1 N–H and O–H groups in total. The maximum absolute atomic E-state index is 12.0. The predicted octanol–water partition coefficient (Wildman–Crippen LogP) is 1.33. The third-order valence-electron chi connectivity index (χ3n) is 3.40. The van der Waals surface area contributed by atoms with Crippen LogP contribution in [0.3, 0.4) is 0 Å². The van der Waals surface area contributed by atoms with Crippen LogP contribution < -0.4 is 10.2 Å². The third kappa shape index (κ3) is 4.16. The van der Waals surface area contributed by atoms with Gasteiger partial charge in [0.25, 0.3) is 5.69 Å². The standard InChI is InChI=1S/C14H19N3O4/c1-16(12-6-2-3-7-13(12)17(19)20)9-14(18)15-11-5-4-8-21-10-11/h2-3,6-7,11H,4-5,8-10H2,1H3,(H,15,18)/t11-/m0/s1. The molecule has 0 aromatic heterocycles. The molecule has 1 atom stereocenters. The van der Waals surface area contributed by atoms with Crippen LogP contribution in [0.2, 0.25) is 0 Å². The van der Waals surface area contributed by atoms with Crippen LogP contribution in [0, 0.1) is 10.1 Å². The van der Waals surface area contributed by atoms with Crippen molar-refractivity contribution < 1.29 is 14.5 Å². The smallest absolute Gasteiger partial charge is 0.292 e. The number of para-hydroxylation sites is 2. The van der Waals surface area contributed by atoms with Crippen LogP contribution in [0.5, 0.6) is 0 Å². The van der Waals surface area contributed by atoms with Gasteiger partial charge < -0.3 is 15.0 Å². The van der Waals surface area contributed by atoms with Gasteiger partial charge in [-0.2, -0.15) is 0 Å². The Morgan fingerprint density at radius 2 is 2.29 bits per heavy atom. The van der Waals surface area contributed by atoms with Gasteiger partial charge in [-0.25, -0.2) is 0 Å². The number of carbonyl (C=O) groups excluding carboxylic acids is 1. The van der Waals surface area contributed by atoms with Crippen molar-refractivity contribution in [3.05, 3.63) is 34.4 Å². The van der Waals surface area contributed by atoms with Gasteiger partial charge in [0.15, 0.2) is 0 Å². The van der Waals surface area contributed by atoms with E-state index in [4.69, 9.17) is 4.74 Å². The number of hydrogen-bond donors (Lipinski definition) is 1. The van der Waals surface area contributed by atoms with Crippen molar-refractivity contribution in [1.82, 2.24) is 5.32 Å².